The van der Waals surface area contributed by atoms with Crippen molar-refractivity contribution in [1.29, 1.82) is 0 Å². The number of ether oxygens (including phenoxy) is 2. The maximum Gasteiger partial charge on any atom is 0.324 e. The van der Waals surface area contributed by atoms with Gasteiger partial charge in [0.25, 0.3) is 5.91 Å². The lowest BCUT2D eigenvalue weighted by molar-refractivity contribution is -0.155. The zero-order chi connectivity index (χ0) is 48.7. The van der Waals surface area contributed by atoms with Gasteiger partial charge < -0.3 is 34.1 Å². The van der Waals surface area contributed by atoms with Crippen molar-refractivity contribution >= 4 is 52.0 Å². The largest absolute Gasteiger partial charge is 0.464 e. The van der Waals surface area contributed by atoms with E-state index in [1.807, 2.05) is 43.6 Å². The smallest absolute Gasteiger partial charge is 0.324 e. The summed E-state index contributed by atoms with van der Waals surface area (Å²) in [6.07, 6.45) is 8.54. The molecule has 5 aliphatic rings. The summed E-state index contributed by atoms with van der Waals surface area (Å²) < 4.78 is 14.3. The number of nitrogens with zero attached hydrogens (tertiary/aromatic N) is 7. The average Bonchev–Trinajstić information content (AvgIpc) is 3.93. The third-order valence-corrected chi connectivity index (χ3v) is 15.0. The molecule has 2 N–H and O–H groups in total. The second-order valence-corrected chi connectivity index (χ2v) is 20.6. The van der Waals surface area contributed by atoms with Crippen molar-refractivity contribution in [3.63, 3.8) is 0 Å². The van der Waals surface area contributed by atoms with Gasteiger partial charge in [0.15, 0.2) is 0 Å². The number of allylic oxidation sites excluding steroid dienone is 1. The lowest BCUT2D eigenvalue weighted by Gasteiger charge is -2.57. The Bertz CT molecular complexity index is 2510. The Morgan fingerprint density at radius 2 is 1.81 bits per heavy atom. The number of nitrogens with one attached hydrogen (secondary N) is 2. The number of piperidine rings is 1. The molecule has 7 heterocycles. The van der Waals surface area contributed by atoms with Gasteiger partial charge in [-0.1, -0.05) is 46.8 Å². The second kappa shape index (κ2) is 19.8. The van der Waals surface area contributed by atoms with Crippen molar-refractivity contribution in [1.82, 2.24) is 40.0 Å². The molecule has 2 aromatic heterocycles. The number of carbonyl (C=O) groups excluding carboxylic acids is 5. The number of amides is 5. The molecule has 5 amide bonds. The zero-order valence-electron chi connectivity index (χ0n) is 41.5. The number of aryl methyl sites for hydroxylation is 1. The van der Waals surface area contributed by atoms with Gasteiger partial charge in [0, 0.05) is 114 Å². The number of esters is 1. The number of rotatable bonds is 9. The molecule has 0 radical (unpaired) electrons. The Morgan fingerprint density at radius 1 is 1.06 bits per heavy atom. The predicted octanol–water partition coefficient (Wildman–Crippen LogP) is 7.16. The summed E-state index contributed by atoms with van der Waals surface area (Å²) in [6.45, 7) is 17.0. The molecule has 8 rings (SSSR count). The topological polar surface area (TPSA) is 171 Å². The quantitative estimate of drug-likeness (QED) is 0.212. The summed E-state index contributed by atoms with van der Waals surface area (Å²) in [5, 5.41) is 5.60. The van der Waals surface area contributed by atoms with E-state index in [1.54, 1.807) is 20.4 Å². The van der Waals surface area contributed by atoms with Crippen LogP contribution in [0.15, 0.2) is 47.6 Å². The molecular formula is C52H75N9O7. The highest BCUT2D eigenvalue weighted by Gasteiger charge is 2.51. The number of hydrazine groups is 1. The first-order valence-electron chi connectivity index (χ1n) is 24.8. The molecule has 3 saturated heterocycles. The molecule has 68 heavy (non-hydrogen) atoms. The molecule has 370 valence electrons. The van der Waals surface area contributed by atoms with Crippen LogP contribution in [0.25, 0.3) is 27.9 Å². The molecule has 1 aromatic carbocycles. The van der Waals surface area contributed by atoms with E-state index in [-0.39, 0.29) is 45.4 Å². The first kappa shape index (κ1) is 48.8. The minimum atomic E-state index is -1.05. The molecule has 3 aromatic rings. The average molecular weight is 938 g/mol. The molecule has 5 aliphatic heterocycles. The Morgan fingerprint density at radius 3 is 2.49 bits per heavy atom. The molecule has 16 nitrogen and oxygen atoms in total. The number of likely N-dealkylation sites (N-methyl/N-ethyl adjacent to an activating group) is 1. The molecule has 0 unspecified atom stereocenters. The SMILES string of the molecule is CCC(=O)N1CCC2(CC1)CCN2C(=O)N(C)[C@H](C(=O)N[C@H]1CC2=NC(=CC2)c2ccc3c(c2)c(c(-c2cccnc2[C@H](C)OC)n3CC)CC(C)(C)COC(=O)[C@@H]2CCCN(N2)C1=O)C(C)C.[HH].[HH]. The molecule has 3 fully saturated rings. The Hall–Kier alpha value is -5.61. The summed E-state index contributed by atoms with van der Waals surface area (Å²) in [4.78, 5) is 85.3. The van der Waals surface area contributed by atoms with Gasteiger partial charge >= 0.3 is 12.0 Å². The van der Waals surface area contributed by atoms with Gasteiger partial charge in [-0.15, -0.1) is 0 Å². The maximum absolute atomic E-state index is 14.7. The van der Waals surface area contributed by atoms with E-state index in [2.05, 4.69) is 66.4 Å². The molecular weight excluding hydrogens is 863 g/mol. The van der Waals surface area contributed by atoms with E-state index >= 15 is 0 Å². The minimum Gasteiger partial charge on any atom is -0.464 e. The summed E-state index contributed by atoms with van der Waals surface area (Å²) >= 11 is 0. The lowest BCUT2D eigenvalue weighted by Crippen LogP contribution is -2.69. The maximum atomic E-state index is 14.7. The van der Waals surface area contributed by atoms with Crippen LogP contribution < -0.4 is 10.7 Å². The number of pyridine rings is 1. The van der Waals surface area contributed by atoms with Crippen molar-refractivity contribution < 1.29 is 36.3 Å². The van der Waals surface area contributed by atoms with Gasteiger partial charge in [0.2, 0.25) is 11.8 Å². The molecule has 0 aliphatic carbocycles. The van der Waals surface area contributed by atoms with Crippen molar-refractivity contribution in [3.8, 4) is 11.3 Å². The third-order valence-electron chi connectivity index (χ3n) is 15.0. The van der Waals surface area contributed by atoms with E-state index in [9.17, 15) is 24.0 Å². The molecule has 1 spiro atoms. The number of hydrogen-bond acceptors (Lipinski definition) is 10. The number of likely N-dealkylation sites (tertiary alicyclic amines) is 2. The van der Waals surface area contributed by atoms with E-state index in [1.165, 1.54) is 9.91 Å². The van der Waals surface area contributed by atoms with Crippen molar-refractivity contribution in [2.45, 2.75) is 143 Å². The number of aliphatic imine (C=N–C) groups is 1. The number of hydrogen-bond donors (Lipinski definition) is 2. The van der Waals surface area contributed by atoms with Crippen LogP contribution in [0, 0.1) is 11.3 Å². The molecule has 0 saturated carbocycles. The number of carbonyl (C=O) groups is 5. The van der Waals surface area contributed by atoms with E-state index in [0.29, 0.717) is 77.7 Å². The Kier molecular flexibility index (Phi) is 14.2. The normalized spacial score (nSPS) is 22.5. The van der Waals surface area contributed by atoms with E-state index in [0.717, 1.165) is 56.8 Å². The molecule has 6 bridgehead atoms. The second-order valence-electron chi connectivity index (χ2n) is 20.6. The monoisotopic (exact) mass is 938 g/mol. The van der Waals surface area contributed by atoms with Gasteiger partial charge in [0.1, 0.15) is 18.1 Å². The van der Waals surface area contributed by atoms with Crippen LogP contribution in [0.2, 0.25) is 0 Å². The Labute approximate surface area is 403 Å². The van der Waals surface area contributed by atoms with Crippen LogP contribution in [0.1, 0.15) is 126 Å². The fourth-order valence-electron chi connectivity index (χ4n) is 11.1. The number of fused-ring (bicyclic) bond motifs is 5. The highest BCUT2D eigenvalue weighted by Crippen LogP contribution is 2.43. The third kappa shape index (κ3) is 9.42. The summed E-state index contributed by atoms with van der Waals surface area (Å²) in [5.41, 5.74) is 9.82. The van der Waals surface area contributed by atoms with Gasteiger partial charge in [0.05, 0.1) is 29.8 Å². The fraction of sp³-hybridized carbons (Fsp3) is 0.596. The van der Waals surface area contributed by atoms with Gasteiger partial charge in [-0.2, -0.15) is 0 Å². The fourth-order valence-corrected chi connectivity index (χ4v) is 11.1. The lowest BCUT2D eigenvalue weighted by atomic mass is 9.76. The number of cyclic esters (lactones) is 1. The number of aromatic nitrogens is 2. The van der Waals surface area contributed by atoms with Gasteiger partial charge in [-0.05, 0) is 88.1 Å². The van der Waals surface area contributed by atoms with Crippen LogP contribution in [0.4, 0.5) is 4.79 Å². The van der Waals surface area contributed by atoms with Gasteiger partial charge in [-0.25, -0.2) is 10.2 Å². The highest BCUT2D eigenvalue weighted by atomic mass is 16.5. The predicted molar refractivity (Wildman–Crippen MR) is 265 cm³/mol. The highest BCUT2D eigenvalue weighted by molar-refractivity contribution is 6.02. The minimum absolute atomic E-state index is 0. The van der Waals surface area contributed by atoms with E-state index in [4.69, 9.17) is 19.5 Å². The number of benzene rings is 1. The van der Waals surface area contributed by atoms with Crippen molar-refractivity contribution in [2.75, 3.05) is 46.9 Å². The van der Waals surface area contributed by atoms with Crippen molar-refractivity contribution in [2.24, 2.45) is 16.3 Å². The van der Waals surface area contributed by atoms with Crippen LogP contribution in [0.5, 0.6) is 0 Å². The summed E-state index contributed by atoms with van der Waals surface area (Å²) in [7, 11) is 3.35. The van der Waals surface area contributed by atoms with E-state index < -0.39 is 41.3 Å². The zero-order valence-corrected chi connectivity index (χ0v) is 41.5. The standard InChI is InChI=1S/C52H71N9O7.2H2/c1-10-43(62)58-25-20-52(21-26-58)22-27-60(52)50(66)57(8)45(32(3)4)47(63)55-41-29-35-17-18-39(54-35)34-16-19-42-37(28-34)38(46(59(42)11-2)36-14-12-23-53-44(36)33(5)67-9)30-51(6,7)31-68-49(65)40-15-13-24-61(56-40)48(41)64;;/h12,14,16,18-19,23,28,32-33,40-41,45,56H,10-11,13,15,17,20-22,24-27,29-31H2,1-9H3,(H,55,63);2*1H/t33-,40-,41-,45-;;/m0../s1. The first-order valence-corrected chi connectivity index (χ1v) is 24.8. The van der Waals surface area contributed by atoms with Crippen LogP contribution >= 0.6 is 0 Å². The van der Waals surface area contributed by atoms with Gasteiger partial charge in [-0.3, -0.25) is 34.2 Å². The summed E-state index contributed by atoms with van der Waals surface area (Å²) in [6, 6.07) is 7.55. The Balaban J connectivity index is 0.00000402. The first-order chi connectivity index (χ1) is 32.5. The molecule has 16 heteroatoms. The number of urea groups is 1. The van der Waals surface area contributed by atoms with Crippen molar-refractivity contribution in [3.05, 3.63) is 59.4 Å². The summed E-state index contributed by atoms with van der Waals surface area (Å²) in [5.74, 6) is -1.45. The van der Waals surface area contributed by atoms with Crippen LogP contribution in [-0.4, -0.2) is 135 Å². The number of methoxy groups -OCH3 is 1. The molecule has 4 atom stereocenters. The van der Waals surface area contributed by atoms with Crippen LogP contribution in [-0.2, 0) is 41.6 Å². The van der Waals surface area contributed by atoms with Crippen LogP contribution in [0.3, 0.4) is 0 Å².